The van der Waals surface area contributed by atoms with Gasteiger partial charge in [0.1, 0.15) is 11.5 Å². The first-order valence-corrected chi connectivity index (χ1v) is 6.54. The second-order valence-electron chi connectivity index (χ2n) is 4.28. The van der Waals surface area contributed by atoms with Gasteiger partial charge in [-0.05, 0) is 37.6 Å². The van der Waals surface area contributed by atoms with Crippen molar-refractivity contribution in [2.45, 2.75) is 20.5 Å². The Kier molecular flexibility index (Phi) is 4.04. The molecule has 0 amide bonds. The standard InChI is InChI=1S/C15H15BrO2/c1-10-3-6-14(12(7-10)9-17)18-15-8-13(16)5-4-11(15)2/h3-8,17H,9H2,1-2H3. The van der Waals surface area contributed by atoms with Gasteiger partial charge in [-0.3, -0.25) is 0 Å². The molecule has 2 aromatic carbocycles. The average Bonchev–Trinajstić information content (AvgIpc) is 2.36. The van der Waals surface area contributed by atoms with Gasteiger partial charge in [-0.25, -0.2) is 0 Å². The van der Waals surface area contributed by atoms with E-state index in [0.29, 0.717) is 5.75 Å². The van der Waals surface area contributed by atoms with Gasteiger partial charge in [0.05, 0.1) is 6.61 Å². The van der Waals surface area contributed by atoms with E-state index in [2.05, 4.69) is 15.9 Å². The van der Waals surface area contributed by atoms with Gasteiger partial charge in [0.25, 0.3) is 0 Å². The van der Waals surface area contributed by atoms with E-state index in [1.54, 1.807) is 0 Å². The van der Waals surface area contributed by atoms with Gasteiger partial charge < -0.3 is 9.84 Å². The lowest BCUT2D eigenvalue weighted by Gasteiger charge is -2.12. The van der Waals surface area contributed by atoms with Gasteiger partial charge >= 0.3 is 0 Å². The maximum atomic E-state index is 9.36. The van der Waals surface area contributed by atoms with Crippen molar-refractivity contribution in [3.63, 3.8) is 0 Å². The summed E-state index contributed by atoms with van der Waals surface area (Å²) in [6.45, 7) is 3.96. The molecule has 2 rings (SSSR count). The minimum absolute atomic E-state index is 0.0237. The molecule has 0 unspecified atom stereocenters. The fourth-order valence-electron chi connectivity index (χ4n) is 1.73. The van der Waals surface area contributed by atoms with Crippen LogP contribution in [0.25, 0.3) is 0 Å². The number of ether oxygens (including phenoxy) is 1. The number of rotatable bonds is 3. The summed E-state index contributed by atoms with van der Waals surface area (Å²) in [7, 11) is 0. The van der Waals surface area contributed by atoms with Crippen molar-refractivity contribution in [1.82, 2.24) is 0 Å². The molecule has 0 fully saturated rings. The van der Waals surface area contributed by atoms with E-state index in [1.807, 2.05) is 50.2 Å². The zero-order valence-electron chi connectivity index (χ0n) is 10.4. The predicted molar refractivity (Wildman–Crippen MR) is 76.1 cm³/mol. The van der Waals surface area contributed by atoms with E-state index in [-0.39, 0.29) is 6.61 Å². The van der Waals surface area contributed by atoms with Crippen LogP contribution in [0.3, 0.4) is 0 Å². The SMILES string of the molecule is Cc1ccc(Oc2cc(Br)ccc2C)c(CO)c1. The maximum Gasteiger partial charge on any atom is 0.132 e. The summed E-state index contributed by atoms with van der Waals surface area (Å²) in [6, 6.07) is 11.7. The van der Waals surface area contributed by atoms with Gasteiger partial charge in [0.2, 0.25) is 0 Å². The molecule has 18 heavy (non-hydrogen) atoms. The molecule has 0 aliphatic rings. The highest BCUT2D eigenvalue weighted by atomic mass is 79.9. The smallest absolute Gasteiger partial charge is 0.132 e. The van der Waals surface area contributed by atoms with E-state index in [4.69, 9.17) is 4.74 Å². The number of aryl methyl sites for hydroxylation is 2. The third-order valence-corrected chi connectivity index (χ3v) is 3.25. The van der Waals surface area contributed by atoms with E-state index >= 15 is 0 Å². The molecule has 1 N–H and O–H groups in total. The van der Waals surface area contributed by atoms with Gasteiger partial charge in [-0.15, -0.1) is 0 Å². The number of hydrogen-bond acceptors (Lipinski definition) is 2. The molecule has 3 heteroatoms. The highest BCUT2D eigenvalue weighted by Crippen LogP contribution is 2.30. The van der Waals surface area contributed by atoms with Crippen LogP contribution < -0.4 is 4.74 Å². The molecule has 0 bridgehead atoms. The maximum absolute atomic E-state index is 9.36. The molecule has 0 aliphatic heterocycles. The van der Waals surface area contributed by atoms with E-state index in [0.717, 1.165) is 26.9 Å². The molecule has 2 nitrogen and oxygen atoms in total. The Balaban J connectivity index is 2.36. The quantitative estimate of drug-likeness (QED) is 0.913. The first kappa shape index (κ1) is 13.1. The minimum Gasteiger partial charge on any atom is -0.457 e. The van der Waals surface area contributed by atoms with Crippen LogP contribution in [-0.2, 0) is 6.61 Å². The number of aliphatic hydroxyl groups excluding tert-OH is 1. The molecular weight excluding hydrogens is 292 g/mol. The predicted octanol–water partition coefficient (Wildman–Crippen LogP) is 4.35. The van der Waals surface area contributed by atoms with Crippen molar-refractivity contribution >= 4 is 15.9 Å². The van der Waals surface area contributed by atoms with Crippen molar-refractivity contribution < 1.29 is 9.84 Å². The Bertz CT molecular complexity index is 564. The molecule has 2 aromatic rings. The number of aliphatic hydroxyl groups is 1. The first-order chi connectivity index (χ1) is 8.60. The van der Waals surface area contributed by atoms with E-state index in [9.17, 15) is 5.11 Å². The molecule has 94 valence electrons. The monoisotopic (exact) mass is 306 g/mol. The second kappa shape index (κ2) is 5.55. The molecule has 0 saturated carbocycles. The number of hydrogen-bond donors (Lipinski definition) is 1. The zero-order chi connectivity index (χ0) is 13.1. The highest BCUT2D eigenvalue weighted by molar-refractivity contribution is 9.10. The average molecular weight is 307 g/mol. The molecule has 0 saturated heterocycles. The van der Waals surface area contributed by atoms with Crippen molar-refractivity contribution in [1.29, 1.82) is 0 Å². The van der Waals surface area contributed by atoms with Crippen LogP contribution in [0.15, 0.2) is 40.9 Å². The second-order valence-corrected chi connectivity index (χ2v) is 5.20. The van der Waals surface area contributed by atoms with Crippen molar-refractivity contribution in [2.75, 3.05) is 0 Å². The Labute approximate surface area is 115 Å². The normalized spacial score (nSPS) is 10.4. The minimum atomic E-state index is -0.0237. The van der Waals surface area contributed by atoms with Gasteiger partial charge in [-0.2, -0.15) is 0 Å². The number of halogens is 1. The molecule has 0 aliphatic carbocycles. The third kappa shape index (κ3) is 2.92. The first-order valence-electron chi connectivity index (χ1n) is 5.74. The highest BCUT2D eigenvalue weighted by Gasteiger charge is 2.07. The van der Waals surface area contributed by atoms with Crippen molar-refractivity contribution in [3.05, 3.63) is 57.6 Å². The molecular formula is C15H15BrO2. The van der Waals surface area contributed by atoms with Gasteiger partial charge in [0.15, 0.2) is 0 Å². The summed E-state index contributed by atoms with van der Waals surface area (Å²) < 4.78 is 6.85. The fourth-order valence-corrected chi connectivity index (χ4v) is 2.07. The third-order valence-electron chi connectivity index (χ3n) is 2.76. The zero-order valence-corrected chi connectivity index (χ0v) is 12.0. The number of benzene rings is 2. The van der Waals surface area contributed by atoms with Crippen LogP contribution in [0.1, 0.15) is 16.7 Å². The summed E-state index contributed by atoms with van der Waals surface area (Å²) in [5.41, 5.74) is 2.97. The van der Waals surface area contributed by atoms with Crippen LogP contribution in [-0.4, -0.2) is 5.11 Å². The Morgan fingerprint density at radius 2 is 1.83 bits per heavy atom. The van der Waals surface area contributed by atoms with Gasteiger partial charge in [0, 0.05) is 10.0 Å². The van der Waals surface area contributed by atoms with Crippen LogP contribution in [0.4, 0.5) is 0 Å². The van der Waals surface area contributed by atoms with Crippen LogP contribution in [0.5, 0.6) is 11.5 Å². The van der Waals surface area contributed by atoms with Crippen LogP contribution in [0, 0.1) is 13.8 Å². The van der Waals surface area contributed by atoms with Crippen molar-refractivity contribution in [2.24, 2.45) is 0 Å². The van der Waals surface area contributed by atoms with Crippen LogP contribution >= 0.6 is 15.9 Å². The molecule has 0 atom stereocenters. The summed E-state index contributed by atoms with van der Waals surface area (Å²) in [6.07, 6.45) is 0. The van der Waals surface area contributed by atoms with Crippen LogP contribution in [0.2, 0.25) is 0 Å². The topological polar surface area (TPSA) is 29.5 Å². The summed E-state index contributed by atoms with van der Waals surface area (Å²) in [4.78, 5) is 0. The van der Waals surface area contributed by atoms with Crippen molar-refractivity contribution in [3.8, 4) is 11.5 Å². The lowest BCUT2D eigenvalue weighted by molar-refractivity contribution is 0.276. The Morgan fingerprint density at radius 1 is 1.06 bits per heavy atom. The van der Waals surface area contributed by atoms with E-state index in [1.165, 1.54) is 0 Å². The molecule has 0 heterocycles. The Morgan fingerprint density at radius 3 is 2.56 bits per heavy atom. The summed E-state index contributed by atoms with van der Waals surface area (Å²) in [5.74, 6) is 1.49. The summed E-state index contributed by atoms with van der Waals surface area (Å²) in [5, 5.41) is 9.36. The molecule has 0 spiro atoms. The molecule has 0 radical (unpaired) electrons. The molecule has 0 aromatic heterocycles. The largest absolute Gasteiger partial charge is 0.457 e. The van der Waals surface area contributed by atoms with E-state index < -0.39 is 0 Å². The fraction of sp³-hybridized carbons (Fsp3) is 0.200. The lowest BCUT2D eigenvalue weighted by Crippen LogP contribution is -1.94. The lowest BCUT2D eigenvalue weighted by atomic mass is 10.1. The van der Waals surface area contributed by atoms with Gasteiger partial charge in [-0.1, -0.05) is 39.7 Å². The Hall–Kier alpha value is -1.32. The summed E-state index contributed by atoms with van der Waals surface area (Å²) >= 11 is 3.43.